The first-order chi connectivity index (χ1) is 12.9. The molecule has 0 aliphatic rings. The van der Waals surface area contributed by atoms with Gasteiger partial charge in [-0.2, -0.15) is 0 Å². The molecule has 0 saturated carbocycles. The summed E-state index contributed by atoms with van der Waals surface area (Å²) in [6.45, 7) is 1.01. The second kappa shape index (κ2) is 8.43. The summed E-state index contributed by atoms with van der Waals surface area (Å²) in [4.78, 5) is 0.0875. The molecule has 5 nitrogen and oxygen atoms in total. The topological polar surface area (TPSA) is 81.4 Å². The van der Waals surface area contributed by atoms with Gasteiger partial charge in [-0.3, -0.25) is 0 Å². The molecule has 3 N–H and O–H groups in total. The lowest BCUT2D eigenvalue weighted by Crippen LogP contribution is -2.12. The van der Waals surface area contributed by atoms with Crippen molar-refractivity contribution in [1.82, 2.24) is 0 Å². The molecule has 7 heteroatoms. The minimum absolute atomic E-state index is 0.0875. The van der Waals surface area contributed by atoms with E-state index in [4.69, 9.17) is 21.5 Å². The van der Waals surface area contributed by atoms with Crippen LogP contribution >= 0.6 is 11.6 Å². The summed E-state index contributed by atoms with van der Waals surface area (Å²) in [6.07, 6.45) is 0. The van der Waals surface area contributed by atoms with Gasteiger partial charge in [0.15, 0.2) is 0 Å². The van der Waals surface area contributed by atoms with Crippen LogP contribution in [0.2, 0.25) is 5.02 Å². The van der Waals surface area contributed by atoms with Crippen LogP contribution in [0.1, 0.15) is 11.1 Å². The first-order valence-electron chi connectivity index (χ1n) is 8.23. The van der Waals surface area contributed by atoms with Crippen LogP contribution in [0, 0.1) is 0 Å². The Morgan fingerprint density at radius 1 is 0.926 bits per heavy atom. The van der Waals surface area contributed by atoms with Gasteiger partial charge in [-0.05, 0) is 59.7 Å². The summed E-state index contributed by atoms with van der Waals surface area (Å²) in [5, 5.41) is 9.02. The van der Waals surface area contributed by atoms with E-state index in [0.29, 0.717) is 18.2 Å². The Labute approximate surface area is 163 Å². The van der Waals surface area contributed by atoms with E-state index in [1.165, 1.54) is 12.1 Å². The van der Waals surface area contributed by atoms with Gasteiger partial charge < -0.3 is 10.1 Å². The standard InChI is InChI=1S/C20H19ClN2O3S/c21-17-5-1-4-16(11-17)14-26-19-6-2-3-15(12-19)13-23-18-7-9-20(10-8-18)27(22,24)25/h1-12,23H,13-14H2,(H2,22,24,25). The number of benzene rings is 3. The van der Waals surface area contributed by atoms with E-state index in [0.717, 1.165) is 22.6 Å². The molecule has 0 atom stereocenters. The third kappa shape index (κ3) is 5.72. The second-order valence-electron chi connectivity index (χ2n) is 5.99. The Balaban J connectivity index is 1.59. The molecule has 27 heavy (non-hydrogen) atoms. The van der Waals surface area contributed by atoms with Gasteiger partial charge in [0.25, 0.3) is 0 Å². The van der Waals surface area contributed by atoms with Crippen LogP contribution in [-0.2, 0) is 23.2 Å². The number of nitrogens with one attached hydrogen (secondary N) is 1. The van der Waals surface area contributed by atoms with Crippen molar-refractivity contribution in [2.75, 3.05) is 5.32 Å². The molecular weight excluding hydrogens is 384 g/mol. The predicted octanol–water partition coefficient (Wildman–Crippen LogP) is 4.18. The third-order valence-corrected chi connectivity index (χ3v) is 5.04. The van der Waals surface area contributed by atoms with Crippen molar-refractivity contribution in [1.29, 1.82) is 0 Å². The quantitative estimate of drug-likeness (QED) is 0.621. The summed E-state index contributed by atoms with van der Waals surface area (Å²) < 4.78 is 28.4. The average Bonchev–Trinajstić information content (AvgIpc) is 2.65. The van der Waals surface area contributed by atoms with E-state index in [2.05, 4.69) is 5.32 Å². The molecule has 0 aliphatic heterocycles. The van der Waals surface area contributed by atoms with Crippen LogP contribution in [0.15, 0.2) is 77.7 Å². The molecule has 0 aliphatic carbocycles. The van der Waals surface area contributed by atoms with Gasteiger partial charge in [0.05, 0.1) is 4.90 Å². The van der Waals surface area contributed by atoms with Crippen molar-refractivity contribution in [3.8, 4) is 5.75 Å². The lowest BCUT2D eigenvalue weighted by molar-refractivity contribution is 0.306. The highest BCUT2D eigenvalue weighted by atomic mass is 35.5. The molecule has 0 radical (unpaired) electrons. The van der Waals surface area contributed by atoms with Gasteiger partial charge in [-0.15, -0.1) is 0 Å². The highest BCUT2D eigenvalue weighted by molar-refractivity contribution is 7.89. The van der Waals surface area contributed by atoms with Crippen molar-refractivity contribution in [2.45, 2.75) is 18.0 Å². The summed E-state index contributed by atoms with van der Waals surface area (Å²) in [5.41, 5.74) is 2.84. The smallest absolute Gasteiger partial charge is 0.238 e. The maximum atomic E-state index is 11.3. The van der Waals surface area contributed by atoms with Gasteiger partial charge in [-0.1, -0.05) is 35.9 Å². The SMILES string of the molecule is NS(=O)(=O)c1ccc(NCc2cccc(OCc3cccc(Cl)c3)c2)cc1. The molecule has 0 aromatic heterocycles. The Kier molecular flexibility index (Phi) is 6.01. The van der Waals surface area contributed by atoms with Crippen LogP contribution in [0.5, 0.6) is 5.75 Å². The number of rotatable bonds is 7. The highest BCUT2D eigenvalue weighted by Crippen LogP contribution is 2.19. The van der Waals surface area contributed by atoms with Gasteiger partial charge in [-0.25, -0.2) is 13.6 Å². The maximum Gasteiger partial charge on any atom is 0.238 e. The monoisotopic (exact) mass is 402 g/mol. The molecule has 3 aromatic carbocycles. The van der Waals surface area contributed by atoms with E-state index in [9.17, 15) is 8.42 Å². The van der Waals surface area contributed by atoms with Crippen LogP contribution in [-0.4, -0.2) is 8.42 Å². The van der Waals surface area contributed by atoms with Crippen molar-refractivity contribution >= 4 is 27.3 Å². The molecule has 3 rings (SSSR count). The van der Waals surface area contributed by atoms with Crippen molar-refractivity contribution in [3.63, 3.8) is 0 Å². The second-order valence-corrected chi connectivity index (χ2v) is 7.99. The number of ether oxygens (including phenoxy) is 1. The molecule has 0 fully saturated rings. The summed E-state index contributed by atoms with van der Waals surface area (Å²) in [7, 11) is -3.68. The number of hydrogen-bond donors (Lipinski definition) is 2. The van der Waals surface area contributed by atoms with Crippen LogP contribution in [0.4, 0.5) is 5.69 Å². The van der Waals surface area contributed by atoms with Gasteiger partial charge in [0, 0.05) is 17.3 Å². The van der Waals surface area contributed by atoms with E-state index in [-0.39, 0.29) is 4.90 Å². The third-order valence-electron chi connectivity index (χ3n) is 3.87. The number of primary sulfonamides is 1. The minimum Gasteiger partial charge on any atom is -0.489 e. The first kappa shape index (κ1) is 19.2. The van der Waals surface area contributed by atoms with E-state index >= 15 is 0 Å². The van der Waals surface area contributed by atoms with Crippen LogP contribution in [0.25, 0.3) is 0 Å². The molecule has 0 spiro atoms. The van der Waals surface area contributed by atoms with Crippen LogP contribution < -0.4 is 15.2 Å². The Morgan fingerprint density at radius 3 is 2.33 bits per heavy atom. The lowest BCUT2D eigenvalue weighted by Gasteiger charge is -2.10. The van der Waals surface area contributed by atoms with E-state index in [1.807, 2.05) is 48.5 Å². The zero-order valence-corrected chi connectivity index (χ0v) is 16.0. The van der Waals surface area contributed by atoms with E-state index < -0.39 is 10.0 Å². The fraction of sp³-hybridized carbons (Fsp3) is 0.100. The zero-order chi connectivity index (χ0) is 19.3. The van der Waals surface area contributed by atoms with Gasteiger partial charge in [0.2, 0.25) is 10.0 Å². The zero-order valence-electron chi connectivity index (χ0n) is 14.4. The highest BCUT2D eigenvalue weighted by Gasteiger charge is 2.06. The summed E-state index contributed by atoms with van der Waals surface area (Å²) >= 11 is 5.98. The minimum atomic E-state index is -3.68. The molecule has 0 heterocycles. The first-order valence-corrected chi connectivity index (χ1v) is 10.2. The van der Waals surface area contributed by atoms with E-state index in [1.54, 1.807) is 12.1 Å². The largest absolute Gasteiger partial charge is 0.489 e. The molecule has 0 saturated heterocycles. The maximum absolute atomic E-state index is 11.3. The number of nitrogens with two attached hydrogens (primary N) is 1. The van der Waals surface area contributed by atoms with Crippen LogP contribution in [0.3, 0.4) is 0 Å². The number of halogens is 1. The average molecular weight is 403 g/mol. The molecule has 0 amide bonds. The fourth-order valence-corrected chi connectivity index (χ4v) is 3.23. The van der Waals surface area contributed by atoms with Crippen molar-refractivity contribution in [3.05, 3.63) is 88.9 Å². The predicted molar refractivity (Wildman–Crippen MR) is 107 cm³/mol. The van der Waals surface area contributed by atoms with Gasteiger partial charge >= 0.3 is 0 Å². The number of anilines is 1. The molecule has 3 aromatic rings. The molecule has 140 valence electrons. The Morgan fingerprint density at radius 2 is 1.63 bits per heavy atom. The van der Waals surface area contributed by atoms with Crippen molar-refractivity contribution in [2.24, 2.45) is 5.14 Å². The summed E-state index contributed by atoms with van der Waals surface area (Å²) in [5.74, 6) is 0.763. The van der Waals surface area contributed by atoms with Crippen molar-refractivity contribution < 1.29 is 13.2 Å². The van der Waals surface area contributed by atoms with Gasteiger partial charge in [0.1, 0.15) is 12.4 Å². The molecule has 0 unspecified atom stereocenters. The normalized spacial score (nSPS) is 11.2. The number of sulfonamides is 1. The Hall–Kier alpha value is -2.54. The molecule has 0 bridgehead atoms. The number of hydrogen-bond acceptors (Lipinski definition) is 4. The molecular formula is C20H19ClN2O3S. The lowest BCUT2D eigenvalue weighted by atomic mass is 10.2. The fourth-order valence-electron chi connectivity index (χ4n) is 2.51. The summed E-state index contributed by atoms with van der Waals surface area (Å²) in [6, 6.07) is 21.6. The Bertz CT molecular complexity index is 1020.